The Bertz CT molecular complexity index is 282. The first kappa shape index (κ1) is 13.6. The number of rotatable bonds is 7. The highest BCUT2D eigenvalue weighted by molar-refractivity contribution is 5.76. The summed E-state index contributed by atoms with van der Waals surface area (Å²) in [6.45, 7) is 4.79. The van der Waals surface area contributed by atoms with E-state index < -0.39 is 0 Å². The number of ether oxygens (including phenoxy) is 1. The molecule has 2 rings (SSSR count). The van der Waals surface area contributed by atoms with E-state index in [0.29, 0.717) is 37.8 Å². The number of amides is 1. The zero-order valence-corrected chi connectivity index (χ0v) is 11.0. The minimum atomic E-state index is 0.170. The Morgan fingerprint density at radius 1 is 1.39 bits per heavy atom. The second-order valence-electron chi connectivity index (χ2n) is 5.34. The molecule has 0 aliphatic carbocycles. The third kappa shape index (κ3) is 4.10. The van der Waals surface area contributed by atoms with E-state index in [9.17, 15) is 4.79 Å². The van der Waals surface area contributed by atoms with Gasteiger partial charge in [-0.25, -0.2) is 0 Å². The molecule has 2 N–H and O–H groups in total. The van der Waals surface area contributed by atoms with Crippen LogP contribution < -0.4 is 10.6 Å². The molecule has 2 bridgehead atoms. The van der Waals surface area contributed by atoms with Crippen LogP contribution in [0, 0.1) is 0 Å². The van der Waals surface area contributed by atoms with Crippen molar-refractivity contribution in [2.45, 2.75) is 56.7 Å². The summed E-state index contributed by atoms with van der Waals surface area (Å²) in [5.74, 6) is 0.170. The molecular formula is C14H24N2O2. The first-order chi connectivity index (χ1) is 8.78. The summed E-state index contributed by atoms with van der Waals surface area (Å²) in [5.41, 5.74) is 0. The lowest BCUT2D eigenvalue weighted by atomic mass is 9.99. The maximum Gasteiger partial charge on any atom is 0.220 e. The van der Waals surface area contributed by atoms with E-state index >= 15 is 0 Å². The maximum absolute atomic E-state index is 11.8. The monoisotopic (exact) mass is 252 g/mol. The number of fused-ring (bicyclic) bond motifs is 2. The van der Waals surface area contributed by atoms with Gasteiger partial charge in [0.1, 0.15) is 0 Å². The van der Waals surface area contributed by atoms with Gasteiger partial charge in [-0.1, -0.05) is 6.08 Å². The summed E-state index contributed by atoms with van der Waals surface area (Å²) < 4.78 is 5.26. The van der Waals surface area contributed by atoms with Crippen molar-refractivity contribution in [3.8, 4) is 0 Å². The van der Waals surface area contributed by atoms with E-state index in [-0.39, 0.29) is 5.91 Å². The highest BCUT2D eigenvalue weighted by Crippen LogP contribution is 2.26. The van der Waals surface area contributed by atoms with Crippen molar-refractivity contribution in [2.75, 3.05) is 13.2 Å². The zero-order chi connectivity index (χ0) is 12.8. The summed E-state index contributed by atoms with van der Waals surface area (Å²) in [7, 11) is 0. The summed E-state index contributed by atoms with van der Waals surface area (Å²) >= 11 is 0. The molecule has 2 heterocycles. The van der Waals surface area contributed by atoms with E-state index in [1.807, 2.05) is 0 Å². The Balaban J connectivity index is 1.58. The van der Waals surface area contributed by atoms with Crippen LogP contribution in [0.4, 0.5) is 0 Å². The van der Waals surface area contributed by atoms with Gasteiger partial charge < -0.3 is 15.4 Å². The Kier molecular flexibility index (Phi) is 5.20. The molecule has 0 spiro atoms. The Morgan fingerprint density at radius 3 is 2.78 bits per heavy atom. The third-order valence-corrected chi connectivity index (χ3v) is 3.77. The lowest BCUT2D eigenvalue weighted by Gasteiger charge is -2.29. The normalized spacial score (nSPS) is 30.1. The second kappa shape index (κ2) is 6.90. The van der Waals surface area contributed by atoms with Crippen LogP contribution >= 0.6 is 0 Å². The average Bonchev–Trinajstić information content (AvgIpc) is 2.68. The molecule has 18 heavy (non-hydrogen) atoms. The van der Waals surface area contributed by atoms with E-state index in [1.54, 1.807) is 6.08 Å². The fraction of sp³-hybridized carbons (Fsp3) is 0.786. The van der Waals surface area contributed by atoms with Gasteiger partial charge in [-0.05, 0) is 32.1 Å². The van der Waals surface area contributed by atoms with Crippen molar-refractivity contribution >= 4 is 5.91 Å². The number of hydrogen-bond acceptors (Lipinski definition) is 3. The van der Waals surface area contributed by atoms with E-state index in [2.05, 4.69) is 17.2 Å². The topological polar surface area (TPSA) is 50.4 Å². The maximum atomic E-state index is 11.8. The van der Waals surface area contributed by atoms with E-state index in [1.165, 1.54) is 12.8 Å². The van der Waals surface area contributed by atoms with Gasteiger partial charge in [-0.3, -0.25) is 4.79 Å². The minimum absolute atomic E-state index is 0.170. The van der Waals surface area contributed by atoms with Gasteiger partial charge in [0.15, 0.2) is 0 Å². The lowest BCUT2D eigenvalue weighted by Crippen LogP contribution is -2.48. The average molecular weight is 252 g/mol. The van der Waals surface area contributed by atoms with Crippen LogP contribution in [0.1, 0.15) is 38.5 Å². The van der Waals surface area contributed by atoms with Gasteiger partial charge in [0.2, 0.25) is 5.91 Å². The first-order valence-electron chi connectivity index (χ1n) is 7.02. The molecule has 4 nitrogen and oxygen atoms in total. The predicted molar refractivity (Wildman–Crippen MR) is 71.4 cm³/mol. The summed E-state index contributed by atoms with van der Waals surface area (Å²) in [6, 6.07) is 1.64. The molecule has 2 fully saturated rings. The van der Waals surface area contributed by atoms with Crippen LogP contribution in [0.15, 0.2) is 12.7 Å². The van der Waals surface area contributed by atoms with Gasteiger partial charge in [0.05, 0.1) is 6.61 Å². The number of carbonyl (C=O) groups excluding carboxylic acids is 1. The molecule has 102 valence electrons. The number of hydrogen-bond donors (Lipinski definition) is 2. The van der Waals surface area contributed by atoms with Crippen molar-refractivity contribution in [3.05, 3.63) is 12.7 Å². The van der Waals surface area contributed by atoms with E-state index in [0.717, 1.165) is 19.3 Å². The molecule has 4 heteroatoms. The molecule has 0 saturated carbocycles. The summed E-state index contributed by atoms with van der Waals surface area (Å²) in [6.07, 6.45) is 7.81. The van der Waals surface area contributed by atoms with Crippen molar-refractivity contribution < 1.29 is 9.53 Å². The van der Waals surface area contributed by atoms with Crippen LogP contribution in [0.2, 0.25) is 0 Å². The van der Waals surface area contributed by atoms with Crippen LogP contribution in [0.3, 0.4) is 0 Å². The molecule has 2 unspecified atom stereocenters. The third-order valence-electron chi connectivity index (χ3n) is 3.77. The Labute approximate surface area is 109 Å². The van der Waals surface area contributed by atoms with Crippen molar-refractivity contribution in [1.82, 2.24) is 10.6 Å². The summed E-state index contributed by atoms with van der Waals surface area (Å²) in [4.78, 5) is 11.8. The van der Waals surface area contributed by atoms with Crippen LogP contribution in [0.25, 0.3) is 0 Å². The van der Waals surface area contributed by atoms with Crippen molar-refractivity contribution in [3.63, 3.8) is 0 Å². The second-order valence-corrected chi connectivity index (χ2v) is 5.34. The number of nitrogens with one attached hydrogen (secondary N) is 2. The molecule has 0 radical (unpaired) electrons. The molecule has 2 saturated heterocycles. The zero-order valence-electron chi connectivity index (χ0n) is 11.0. The highest BCUT2D eigenvalue weighted by Gasteiger charge is 2.33. The standard InChI is InChI=1S/C14H24N2O2/c1-2-7-18-8-3-4-14(17)16-13-9-11-5-6-12(10-13)15-11/h2,11-13,15H,1,3-10H2,(H,16,17). The van der Waals surface area contributed by atoms with Gasteiger partial charge >= 0.3 is 0 Å². The molecule has 1 amide bonds. The fourth-order valence-electron chi connectivity index (χ4n) is 2.98. The lowest BCUT2D eigenvalue weighted by molar-refractivity contribution is -0.122. The quantitative estimate of drug-likeness (QED) is 0.531. The smallest absolute Gasteiger partial charge is 0.220 e. The van der Waals surface area contributed by atoms with Crippen LogP contribution in [-0.4, -0.2) is 37.2 Å². The van der Waals surface area contributed by atoms with Gasteiger partial charge in [-0.2, -0.15) is 0 Å². The predicted octanol–water partition coefficient (Wildman–Crippen LogP) is 1.37. The molecule has 2 aliphatic heterocycles. The van der Waals surface area contributed by atoms with Gasteiger partial charge in [0.25, 0.3) is 0 Å². The molecule has 0 aromatic rings. The number of piperidine rings is 1. The fourth-order valence-corrected chi connectivity index (χ4v) is 2.98. The van der Waals surface area contributed by atoms with E-state index in [4.69, 9.17) is 4.74 Å². The SMILES string of the molecule is C=CCOCCCC(=O)NC1CC2CCC(C1)N2. The van der Waals surface area contributed by atoms with Crippen LogP contribution in [0.5, 0.6) is 0 Å². The first-order valence-corrected chi connectivity index (χ1v) is 7.02. The molecular weight excluding hydrogens is 228 g/mol. The van der Waals surface area contributed by atoms with Crippen molar-refractivity contribution in [1.29, 1.82) is 0 Å². The molecule has 2 aliphatic rings. The Morgan fingerprint density at radius 2 is 2.11 bits per heavy atom. The largest absolute Gasteiger partial charge is 0.377 e. The van der Waals surface area contributed by atoms with Gasteiger partial charge in [-0.15, -0.1) is 6.58 Å². The van der Waals surface area contributed by atoms with Crippen molar-refractivity contribution in [2.24, 2.45) is 0 Å². The Hall–Kier alpha value is -0.870. The molecule has 0 aromatic carbocycles. The molecule has 0 aromatic heterocycles. The molecule has 2 atom stereocenters. The van der Waals surface area contributed by atoms with Crippen LogP contribution in [-0.2, 0) is 9.53 Å². The number of carbonyl (C=O) groups is 1. The van der Waals surface area contributed by atoms with Gasteiger partial charge in [0, 0.05) is 31.2 Å². The summed E-state index contributed by atoms with van der Waals surface area (Å²) in [5, 5.41) is 6.74. The highest BCUT2D eigenvalue weighted by atomic mass is 16.5. The minimum Gasteiger partial charge on any atom is -0.377 e.